The van der Waals surface area contributed by atoms with Gasteiger partial charge in [0.25, 0.3) is 0 Å². The van der Waals surface area contributed by atoms with Gasteiger partial charge in [0.1, 0.15) is 29.2 Å². The minimum atomic E-state index is -0.189. The molecule has 5 nitrogen and oxygen atoms in total. The predicted octanol–water partition coefficient (Wildman–Crippen LogP) is 11.0. The van der Waals surface area contributed by atoms with Crippen LogP contribution in [0, 0.1) is 0 Å². The summed E-state index contributed by atoms with van der Waals surface area (Å²) in [6.45, 7) is 0. The Morgan fingerprint density at radius 3 is 2.09 bits per heavy atom. The van der Waals surface area contributed by atoms with Crippen molar-refractivity contribution in [3.05, 3.63) is 186 Å². The number of amidine groups is 1. The van der Waals surface area contributed by atoms with Crippen molar-refractivity contribution in [2.45, 2.75) is 25.2 Å². The lowest BCUT2D eigenvalue weighted by Gasteiger charge is -2.33. The highest BCUT2D eigenvalue weighted by Crippen LogP contribution is 2.40. The fraction of sp³-hybridized carbons (Fsp3) is 0.0784. The van der Waals surface area contributed by atoms with Crippen LogP contribution in [-0.2, 0) is 0 Å². The number of nitrogens with one attached hydrogen (secondary N) is 2. The van der Waals surface area contributed by atoms with Gasteiger partial charge in [0, 0.05) is 58.4 Å². The largest absolute Gasteiger partial charge is 0.456 e. The highest BCUT2D eigenvalue weighted by Gasteiger charge is 2.29. The molecule has 272 valence electrons. The molecule has 2 N–H and O–H groups in total. The van der Waals surface area contributed by atoms with Gasteiger partial charge in [-0.25, -0.2) is 4.99 Å². The third kappa shape index (κ3) is 5.22. The molecule has 0 bridgehead atoms. The van der Waals surface area contributed by atoms with Gasteiger partial charge < -0.3 is 14.3 Å². The van der Waals surface area contributed by atoms with Crippen LogP contribution in [0.15, 0.2) is 173 Å². The molecular weight excluding hydrogens is 717 g/mol. The number of benzene rings is 7. The summed E-state index contributed by atoms with van der Waals surface area (Å²) < 4.78 is 11.9. The highest BCUT2D eigenvalue weighted by molar-refractivity contribution is 7.25. The molecule has 57 heavy (non-hydrogen) atoms. The quantitative estimate of drug-likeness (QED) is 0.184. The van der Waals surface area contributed by atoms with Crippen molar-refractivity contribution in [3.63, 3.8) is 0 Å². The van der Waals surface area contributed by atoms with Crippen molar-refractivity contribution >= 4 is 81.8 Å². The second-order valence-electron chi connectivity index (χ2n) is 15.1. The van der Waals surface area contributed by atoms with Crippen LogP contribution in [0.5, 0.6) is 0 Å². The van der Waals surface area contributed by atoms with E-state index in [1.165, 1.54) is 58.5 Å². The normalized spacial score (nSPS) is 16.9. The Kier molecular flexibility index (Phi) is 7.37. The molecule has 1 aliphatic carbocycles. The maximum atomic E-state index is 6.89. The molecule has 2 unspecified atom stereocenters. The number of aromatic nitrogens is 1. The molecule has 2 atom stereocenters. The molecule has 0 saturated carbocycles. The van der Waals surface area contributed by atoms with E-state index in [4.69, 9.17) is 9.41 Å². The average molecular weight is 753 g/mol. The summed E-state index contributed by atoms with van der Waals surface area (Å²) in [6, 6.07) is 58.8. The third-order valence-electron chi connectivity index (χ3n) is 11.8. The Morgan fingerprint density at radius 2 is 1.30 bits per heavy atom. The number of thiophene rings is 1. The molecule has 10 aromatic rings. The van der Waals surface area contributed by atoms with Crippen LogP contribution in [0.3, 0.4) is 0 Å². The molecule has 6 heteroatoms. The summed E-state index contributed by atoms with van der Waals surface area (Å²) in [5.41, 5.74) is 11.2. The van der Waals surface area contributed by atoms with Gasteiger partial charge in [-0.15, -0.1) is 11.3 Å². The van der Waals surface area contributed by atoms with Gasteiger partial charge in [0.05, 0.1) is 11.0 Å². The summed E-state index contributed by atoms with van der Waals surface area (Å²) in [4.78, 5) is 5.16. The lowest BCUT2D eigenvalue weighted by atomic mass is 9.95. The molecule has 0 amide bonds. The van der Waals surface area contributed by atoms with Gasteiger partial charge in [-0.3, -0.25) is 5.32 Å². The van der Waals surface area contributed by atoms with Crippen molar-refractivity contribution < 1.29 is 4.42 Å². The summed E-state index contributed by atoms with van der Waals surface area (Å²) in [6.07, 6.45) is 3.77. The van der Waals surface area contributed by atoms with Crippen molar-refractivity contribution in [1.82, 2.24) is 15.2 Å². The van der Waals surface area contributed by atoms with E-state index >= 15 is 0 Å². The number of hydrogen-bond acceptors (Lipinski definition) is 5. The van der Waals surface area contributed by atoms with Crippen LogP contribution in [0.2, 0.25) is 0 Å². The van der Waals surface area contributed by atoms with Crippen molar-refractivity contribution in [1.29, 1.82) is 0 Å². The fourth-order valence-electron chi connectivity index (χ4n) is 9.17. The zero-order chi connectivity index (χ0) is 37.5. The SMILES string of the molecule is C1=c2oc3c(-c4ccc5sc6ccc(-n7c8ccccc8c8ccccc87)cc6c5c4)cccc3c2=C(C2NC(c3ccccc3)=NC(c3ccccc3)N2)CC1. The predicted molar refractivity (Wildman–Crippen MR) is 237 cm³/mol. The van der Waals surface area contributed by atoms with E-state index in [1.807, 2.05) is 17.4 Å². The lowest BCUT2D eigenvalue weighted by molar-refractivity contribution is 0.452. The van der Waals surface area contributed by atoms with Gasteiger partial charge in [-0.2, -0.15) is 0 Å². The third-order valence-corrected chi connectivity index (χ3v) is 12.9. The first-order valence-electron chi connectivity index (χ1n) is 19.7. The number of para-hydroxylation sites is 3. The summed E-state index contributed by atoms with van der Waals surface area (Å²) >= 11 is 1.85. The molecule has 2 aliphatic rings. The highest BCUT2D eigenvalue weighted by atomic mass is 32.1. The van der Waals surface area contributed by atoms with Crippen LogP contribution in [-0.4, -0.2) is 16.6 Å². The van der Waals surface area contributed by atoms with Gasteiger partial charge in [-0.05, 0) is 78.1 Å². The lowest BCUT2D eigenvalue weighted by Crippen LogP contribution is -2.54. The van der Waals surface area contributed by atoms with E-state index in [1.54, 1.807) is 0 Å². The van der Waals surface area contributed by atoms with E-state index in [0.717, 1.165) is 57.3 Å². The smallest absolute Gasteiger partial charge is 0.143 e. The van der Waals surface area contributed by atoms with Crippen molar-refractivity contribution in [2.75, 3.05) is 0 Å². The number of aliphatic imine (C=N–C) groups is 1. The van der Waals surface area contributed by atoms with Crippen LogP contribution in [0.4, 0.5) is 0 Å². The van der Waals surface area contributed by atoms with Crippen LogP contribution in [0.25, 0.3) is 81.4 Å². The van der Waals surface area contributed by atoms with E-state index in [-0.39, 0.29) is 12.3 Å². The Balaban J connectivity index is 0.994. The number of rotatable bonds is 5. The molecule has 0 radical (unpaired) electrons. The van der Waals surface area contributed by atoms with E-state index < -0.39 is 0 Å². The maximum absolute atomic E-state index is 6.89. The first kappa shape index (κ1) is 32.5. The van der Waals surface area contributed by atoms with Crippen LogP contribution in [0.1, 0.15) is 30.1 Å². The monoisotopic (exact) mass is 752 g/mol. The number of fused-ring (bicyclic) bond motifs is 9. The van der Waals surface area contributed by atoms with E-state index in [0.29, 0.717) is 0 Å². The molecular formula is C51H36N4OS. The van der Waals surface area contributed by atoms with E-state index in [2.05, 4.69) is 179 Å². The second kappa shape index (κ2) is 12.9. The molecule has 1 aliphatic heterocycles. The average Bonchev–Trinajstić information content (AvgIpc) is 3.96. The molecule has 4 heterocycles. The molecule has 3 aromatic heterocycles. The minimum absolute atomic E-state index is 0.128. The minimum Gasteiger partial charge on any atom is -0.456 e. The summed E-state index contributed by atoms with van der Waals surface area (Å²) in [5, 5.41) is 15.0. The first-order valence-corrected chi connectivity index (χ1v) is 20.5. The van der Waals surface area contributed by atoms with Crippen LogP contribution >= 0.6 is 11.3 Å². The molecule has 0 spiro atoms. The molecule has 7 aromatic carbocycles. The van der Waals surface area contributed by atoms with Gasteiger partial charge >= 0.3 is 0 Å². The van der Waals surface area contributed by atoms with Gasteiger partial charge in [0.15, 0.2) is 0 Å². The first-order chi connectivity index (χ1) is 28.2. The maximum Gasteiger partial charge on any atom is 0.143 e. The Bertz CT molecular complexity index is 3320. The number of furan rings is 1. The standard InChI is InChI=1S/C51H36N4OS/c1-3-13-31(14-4-1)49-52-50(32-15-5-2-6-16-32)54-51(53-49)39-21-12-24-44-47(39)38-20-11-19-35(48(38)56-44)33-25-27-45-40(29-33)41-30-34(26-28-46(41)57-45)55-42-22-9-7-17-36(42)37-18-8-10-23-43(37)55/h1-11,13-20,22-30,49,51,53H,12,21H2,(H,52,54). The Morgan fingerprint density at radius 1 is 0.614 bits per heavy atom. The Hall–Kier alpha value is -6.73. The van der Waals surface area contributed by atoms with Crippen molar-refractivity contribution in [3.8, 4) is 16.8 Å². The number of nitrogens with zero attached hydrogens (tertiary/aromatic N) is 2. The second-order valence-corrected chi connectivity index (χ2v) is 16.1. The number of hydrogen-bond donors (Lipinski definition) is 2. The summed E-state index contributed by atoms with van der Waals surface area (Å²) in [7, 11) is 0. The van der Waals surface area contributed by atoms with E-state index in [9.17, 15) is 0 Å². The van der Waals surface area contributed by atoms with Crippen molar-refractivity contribution in [2.24, 2.45) is 4.99 Å². The molecule has 0 saturated heterocycles. The Labute approximate surface area is 332 Å². The molecule has 12 rings (SSSR count). The molecule has 0 fully saturated rings. The fourth-order valence-corrected chi connectivity index (χ4v) is 10.2. The zero-order valence-electron chi connectivity index (χ0n) is 30.9. The zero-order valence-corrected chi connectivity index (χ0v) is 31.8. The van der Waals surface area contributed by atoms with Gasteiger partial charge in [0.2, 0.25) is 0 Å². The summed E-state index contributed by atoms with van der Waals surface area (Å²) in [5.74, 6) is 0.892. The topological polar surface area (TPSA) is 54.5 Å². The van der Waals surface area contributed by atoms with Crippen LogP contribution < -0.4 is 21.3 Å². The van der Waals surface area contributed by atoms with Gasteiger partial charge in [-0.1, -0.05) is 121 Å².